The molecule has 0 aliphatic heterocycles. The standard InChI is InChI=1S/C24H13N6.C5H5.Fe/c1-2-6-13(5-1)24-28-17-10-9-16-22(23(17)30-24)29-21-15-8-4-12-26-19(15)18-14(20(21)27-16)7-3-11-25-18;1-2-4-5-3-1;/h1-12,27H;1-5H;/q;;+2. The van der Waals surface area contributed by atoms with Crippen LogP contribution in [-0.4, -0.2) is 29.9 Å². The van der Waals surface area contributed by atoms with Crippen LogP contribution in [0.1, 0.15) is 5.82 Å². The van der Waals surface area contributed by atoms with Gasteiger partial charge in [0.05, 0.1) is 39.0 Å². The number of hydrogen-bond donors (Lipinski definition) is 1. The summed E-state index contributed by atoms with van der Waals surface area (Å²) in [5, 5.41) is 1.96. The maximum absolute atomic E-state index is 5.08. The Morgan fingerprint density at radius 3 is 1.94 bits per heavy atom. The molecule has 0 bridgehead atoms. The van der Waals surface area contributed by atoms with Gasteiger partial charge in [0.1, 0.15) is 16.9 Å². The minimum atomic E-state index is 0. The zero-order valence-corrected chi connectivity index (χ0v) is 20.0. The molecule has 2 saturated carbocycles. The van der Waals surface area contributed by atoms with E-state index in [1.54, 1.807) is 12.4 Å². The van der Waals surface area contributed by atoms with Crippen molar-refractivity contribution < 1.29 is 17.1 Å². The Morgan fingerprint density at radius 2 is 1.22 bits per heavy atom. The van der Waals surface area contributed by atoms with Gasteiger partial charge in [0.2, 0.25) is 0 Å². The van der Waals surface area contributed by atoms with Crippen LogP contribution in [0.15, 0.2) is 48.8 Å². The molecule has 0 saturated heterocycles. The largest absolute Gasteiger partial charge is 2.00 e. The van der Waals surface area contributed by atoms with Crippen molar-refractivity contribution in [1.29, 1.82) is 0 Å². The van der Waals surface area contributed by atoms with Crippen molar-refractivity contribution in [2.75, 3.05) is 0 Å². The fourth-order valence-corrected chi connectivity index (χ4v) is 4.53. The summed E-state index contributed by atoms with van der Waals surface area (Å²) in [6.45, 7) is 0. The van der Waals surface area contributed by atoms with Gasteiger partial charge in [0, 0.05) is 23.2 Å². The Kier molecular flexibility index (Phi) is 6.28. The molecule has 2 aliphatic rings. The number of nitrogens with one attached hydrogen (secondary N) is 1. The summed E-state index contributed by atoms with van der Waals surface area (Å²) < 4.78 is 0. The average molecular weight is 506 g/mol. The van der Waals surface area contributed by atoms with E-state index in [-0.39, 0.29) is 17.1 Å². The first kappa shape index (κ1) is 23.3. The monoisotopic (exact) mass is 506 g/mol. The molecule has 0 spiro atoms. The third-order valence-corrected chi connectivity index (χ3v) is 6.13. The first-order valence-corrected chi connectivity index (χ1v) is 11.4. The van der Waals surface area contributed by atoms with Crippen molar-refractivity contribution in [3.8, 4) is 0 Å². The first-order valence-electron chi connectivity index (χ1n) is 11.4. The van der Waals surface area contributed by atoms with Crippen molar-refractivity contribution in [3.63, 3.8) is 0 Å². The second-order valence-electron chi connectivity index (χ2n) is 8.27. The molecule has 0 amide bonds. The number of imidazole rings is 1. The van der Waals surface area contributed by atoms with Crippen LogP contribution in [0.3, 0.4) is 0 Å². The summed E-state index contributed by atoms with van der Waals surface area (Å²) in [7, 11) is 0. The molecule has 8 rings (SSSR count). The van der Waals surface area contributed by atoms with E-state index in [1.807, 2.05) is 88.1 Å². The molecule has 4 aromatic heterocycles. The summed E-state index contributed by atoms with van der Waals surface area (Å²) >= 11 is 0. The van der Waals surface area contributed by atoms with E-state index in [0.717, 1.165) is 66.6 Å². The van der Waals surface area contributed by atoms with Gasteiger partial charge in [-0.15, -0.1) is 0 Å². The predicted octanol–water partition coefficient (Wildman–Crippen LogP) is 5.53. The molecule has 2 aromatic carbocycles. The minimum Gasteiger partial charge on any atom is -0.351 e. The second-order valence-corrected chi connectivity index (χ2v) is 8.27. The van der Waals surface area contributed by atoms with E-state index in [1.165, 1.54) is 0 Å². The van der Waals surface area contributed by atoms with Gasteiger partial charge < -0.3 is 4.98 Å². The van der Waals surface area contributed by atoms with Crippen LogP contribution < -0.4 is 0 Å². The number of H-pyrrole nitrogens is 1. The fraction of sp³-hybridized carbons (Fsp3) is 0. The van der Waals surface area contributed by atoms with Crippen LogP contribution in [0.25, 0.3) is 54.9 Å². The number of aromatic nitrogens is 6. The van der Waals surface area contributed by atoms with E-state index >= 15 is 0 Å². The van der Waals surface area contributed by atoms with Gasteiger partial charge in [-0.25, -0.2) is 15.0 Å². The van der Waals surface area contributed by atoms with Gasteiger partial charge in [0.25, 0.3) is 0 Å². The normalized spacial score (nSPS) is 16.1. The van der Waals surface area contributed by atoms with Crippen molar-refractivity contribution in [2.24, 2.45) is 0 Å². The summed E-state index contributed by atoms with van der Waals surface area (Å²) in [5.41, 5.74) is 6.87. The van der Waals surface area contributed by atoms with E-state index in [9.17, 15) is 0 Å². The minimum absolute atomic E-state index is 0. The number of nitrogens with zero attached hydrogens (tertiary/aromatic N) is 5. The van der Waals surface area contributed by atoms with E-state index in [4.69, 9.17) is 15.0 Å². The summed E-state index contributed by atoms with van der Waals surface area (Å²) in [4.78, 5) is 27.4. The van der Waals surface area contributed by atoms with Crippen molar-refractivity contribution in [3.05, 3.63) is 118 Å². The van der Waals surface area contributed by atoms with Crippen molar-refractivity contribution in [1.82, 2.24) is 29.9 Å². The van der Waals surface area contributed by atoms with Gasteiger partial charge in [-0.2, -0.15) is 0 Å². The van der Waals surface area contributed by atoms with Crippen LogP contribution in [-0.2, 0) is 17.1 Å². The molecule has 6 aromatic rings. The van der Waals surface area contributed by atoms with Gasteiger partial charge in [-0.3, -0.25) is 9.97 Å². The number of hydrogen-bond acceptors (Lipinski definition) is 5. The van der Waals surface area contributed by atoms with Gasteiger partial charge >= 0.3 is 17.1 Å². The molecule has 4 heterocycles. The molecule has 0 atom stereocenters. The number of rotatable bonds is 1. The molecular formula is C29H18FeN6+2. The van der Waals surface area contributed by atoms with E-state index in [0.29, 0.717) is 0 Å². The number of aromatic amines is 1. The molecule has 7 heteroatoms. The third-order valence-electron chi connectivity index (χ3n) is 6.13. The Balaban J connectivity index is 0.000000361. The van der Waals surface area contributed by atoms with Crippen LogP contribution in [0.2, 0.25) is 0 Å². The maximum atomic E-state index is 5.08. The number of pyridine rings is 2. The van der Waals surface area contributed by atoms with Crippen LogP contribution in [0.4, 0.5) is 0 Å². The molecule has 2 fully saturated rings. The SMILES string of the molecule is [CH]1[CH][CH][CH][CH]1.[CH]1[CH][CH][C](c2nc3ccc4[nH]c5c6cccnc6c6ncccc6c5nc4c3n2)[CH]1.[Fe+2]. The quantitative estimate of drug-likeness (QED) is 0.180. The van der Waals surface area contributed by atoms with Gasteiger partial charge in [0.15, 0.2) is 0 Å². The molecule has 1 N–H and O–H groups in total. The zero-order valence-electron chi connectivity index (χ0n) is 18.9. The van der Waals surface area contributed by atoms with Crippen LogP contribution in [0, 0.1) is 63.7 Å². The predicted molar refractivity (Wildman–Crippen MR) is 138 cm³/mol. The zero-order chi connectivity index (χ0) is 23.2. The second kappa shape index (κ2) is 9.72. The first-order chi connectivity index (χ1) is 17.4. The Morgan fingerprint density at radius 1 is 0.556 bits per heavy atom. The topological polar surface area (TPSA) is 80.2 Å². The van der Waals surface area contributed by atoms with Crippen molar-refractivity contribution in [2.45, 2.75) is 0 Å². The number of benzene rings is 2. The Bertz CT molecular complexity index is 1690. The smallest absolute Gasteiger partial charge is 0.351 e. The Hall–Kier alpha value is -3.15. The van der Waals surface area contributed by atoms with Crippen LogP contribution in [0.5, 0.6) is 0 Å². The molecule has 170 valence electrons. The Labute approximate surface area is 219 Å². The molecule has 6 nitrogen and oxygen atoms in total. The molecular weight excluding hydrogens is 488 g/mol. The third kappa shape index (κ3) is 3.91. The molecule has 0 unspecified atom stereocenters. The van der Waals surface area contributed by atoms with Crippen molar-refractivity contribution >= 4 is 54.9 Å². The van der Waals surface area contributed by atoms with Gasteiger partial charge in [-0.05, 0) is 94.2 Å². The summed E-state index contributed by atoms with van der Waals surface area (Å²) in [5.74, 6) is 1.73. The van der Waals surface area contributed by atoms with Crippen LogP contribution >= 0.6 is 0 Å². The molecule has 36 heavy (non-hydrogen) atoms. The average Bonchev–Trinajstić information content (AvgIpc) is 3.71. The number of fused-ring (bicyclic) bond motifs is 9. The van der Waals surface area contributed by atoms with Gasteiger partial charge in [-0.1, -0.05) is 0 Å². The van der Waals surface area contributed by atoms with E-state index in [2.05, 4.69) is 21.0 Å². The summed E-state index contributed by atoms with van der Waals surface area (Å²) in [6.07, 6.45) is 21.6. The summed E-state index contributed by atoms with van der Waals surface area (Å²) in [6, 6.07) is 12.0. The molecule has 10 radical (unpaired) electrons. The fourth-order valence-electron chi connectivity index (χ4n) is 4.53. The van der Waals surface area contributed by atoms with E-state index < -0.39 is 0 Å². The molecule has 2 aliphatic carbocycles. The maximum Gasteiger partial charge on any atom is 2.00 e.